The maximum Gasteiger partial charge on any atom is 0.0572 e. The number of ether oxygens (including phenoxy) is 1. The first kappa shape index (κ1) is 12.9. The number of hydrogen-bond donors (Lipinski definition) is 1. The van der Waals surface area contributed by atoms with E-state index in [0.717, 1.165) is 12.8 Å². The maximum absolute atomic E-state index is 5.40. The quantitative estimate of drug-likeness (QED) is 0.906. The van der Waals surface area contributed by atoms with E-state index in [1.54, 1.807) is 0 Å². The summed E-state index contributed by atoms with van der Waals surface area (Å²) in [6, 6.07) is 6.94. The Morgan fingerprint density at radius 2 is 1.94 bits per heavy atom. The third kappa shape index (κ3) is 3.23. The monoisotopic (exact) mass is 297 g/mol. The van der Waals surface area contributed by atoms with E-state index in [1.807, 2.05) is 7.11 Å². The molecule has 0 spiro atoms. The van der Waals surface area contributed by atoms with Crippen LogP contribution in [0.25, 0.3) is 0 Å². The zero-order chi connectivity index (χ0) is 12.3. The van der Waals surface area contributed by atoms with Crippen LogP contribution in [0.5, 0.6) is 0 Å². The third-order valence-electron chi connectivity index (χ3n) is 3.56. The first-order valence-corrected chi connectivity index (χ1v) is 7.04. The molecule has 17 heavy (non-hydrogen) atoms. The first-order chi connectivity index (χ1) is 8.20. The Morgan fingerprint density at radius 3 is 2.59 bits per heavy atom. The zero-order valence-corrected chi connectivity index (χ0v) is 12.1. The van der Waals surface area contributed by atoms with Gasteiger partial charge >= 0.3 is 0 Å². The highest BCUT2D eigenvalue weighted by atomic mass is 79.9. The lowest BCUT2D eigenvalue weighted by Crippen LogP contribution is -2.29. The molecule has 1 fully saturated rings. The van der Waals surface area contributed by atoms with Gasteiger partial charge in [0.25, 0.3) is 0 Å². The number of halogens is 1. The third-order valence-corrected chi connectivity index (χ3v) is 4.61. The average Bonchev–Trinajstić information content (AvgIpc) is 2.36. The van der Waals surface area contributed by atoms with Crippen LogP contribution >= 0.6 is 15.9 Å². The van der Waals surface area contributed by atoms with E-state index in [-0.39, 0.29) is 0 Å². The minimum Gasteiger partial charge on any atom is -0.381 e. The lowest BCUT2D eigenvalue weighted by atomic mass is 9.93. The first-order valence-electron chi connectivity index (χ1n) is 6.25. The molecule has 1 aromatic carbocycles. The molecule has 1 aromatic rings. The minimum absolute atomic E-state index is 0.467. The van der Waals surface area contributed by atoms with Crippen LogP contribution in [0.15, 0.2) is 22.7 Å². The SMILES string of the molecule is COC1CCC(Nc2cccc(C)c2Br)CC1. The van der Waals surface area contributed by atoms with Crippen molar-refractivity contribution in [1.82, 2.24) is 0 Å². The van der Waals surface area contributed by atoms with E-state index in [2.05, 4.69) is 46.4 Å². The molecular formula is C14H20BrNO. The molecular weight excluding hydrogens is 278 g/mol. The fraction of sp³-hybridized carbons (Fsp3) is 0.571. The second kappa shape index (κ2) is 5.87. The van der Waals surface area contributed by atoms with Crippen molar-refractivity contribution in [3.05, 3.63) is 28.2 Å². The normalized spacial score (nSPS) is 24.6. The van der Waals surface area contributed by atoms with Crippen LogP contribution in [0.2, 0.25) is 0 Å². The number of benzene rings is 1. The highest BCUT2D eigenvalue weighted by molar-refractivity contribution is 9.10. The fourth-order valence-electron chi connectivity index (χ4n) is 2.42. The number of nitrogens with one attached hydrogen (secondary N) is 1. The van der Waals surface area contributed by atoms with Crippen LogP contribution in [0.1, 0.15) is 31.2 Å². The van der Waals surface area contributed by atoms with Gasteiger partial charge in [0.2, 0.25) is 0 Å². The molecule has 0 atom stereocenters. The van der Waals surface area contributed by atoms with E-state index >= 15 is 0 Å². The van der Waals surface area contributed by atoms with Crippen LogP contribution in [0, 0.1) is 6.92 Å². The molecule has 0 aliphatic heterocycles. The zero-order valence-electron chi connectivity index (χ0n) is 10.5. The molecule has 2 rings (SSSR count). The molecule has 3 heteroatoms. The van der Waals surface area contributed by atoms with Crippen LogP contribution < -0.4 is 5.32 Å². The molecule has 0 amide bonds. The van der Waals surface area contributed by atoms with Crippen LogP contribution in [-0.2, 0) is 4.74 Å². The van der Waals surface area contributed by atoms with E-state index in [4.69, 9.17) is 4.74 Å². The average molecular weight is 298 g/mol. The molecule has 1 aliphatic carbocycles. The second-order valence-electron chi connectivity index (χ2n) is 4.79. The lowest BCUT2D eigenvalue weighted by Gasteiger charge is -2.29. The Labute approximate surface area is 112 Å². The van der Waals surface area contributed by atoms with E-state index in [1.165, 1.54) is 28.6 Å². The number of aryl methyl sites for hydroxylation is 1. The molecule has 0 radical (unpaired) electrons. The van der Waals surface area contributed by atoms with Gasteiger partial charge in [-0.15, -0.1) is 0 Å². The predicted octanol–water partition coefficient (Wildman–Crippen LogP) is 4.13. The number of hydrogen-bond acceptors (Lipinski definition) is 2. The van der Waals surface area contributed by atoms with Crippen molar-refractivity contribution >= 4 is 21.6 Å². The Kier molecular flexibility index (Phi) is 4.46. The standard InChI is InChI=1S/C14H20BrNO/c1-10-4-3-5-13(14(10)15)16-11-6-8-12(17-2)9-7-11/h3-5,11-12,16H,6-9H2,1-2H3. The maximum atomic E-state index is 5.40. The lowest BCUT2D eigenvalue weighted by molar-refractivity contribution is 0.0682. The topological polar surface area (TPSA) is 21.3 Å². The van der Waals surface area contributed by atoms with Crippen molar-refractivity contribution < 1.29 is 4.74 Å². The van der Waals surface area contributed by atoms with Gasteiger partial charge in [0.15, 0.2) is 0 Å². The smallest absolute Gasteiger partial charge is 0.0572 e. The summed E-state index contributed by atoms with van der Waals surface area (Å²) in [5.41, 5.74) is 2.49. The molecule has 1 N–H and O–H groups in total. The van der Waals surface area contributed by atoms with Crippen molar-refractivity contribution in [2.45, 2.75) is 44.8 Å². The van der Waals surface area contributed by atoms with Crippen molar-refractivity contribution in [3.63, 3.8) is 0 Å². The Balaban J connectivity index is 1.95. The molecule has 94 valence electrons. The largest absolute Gasteiger partial charge is 0.381 e. The summed E-state index contributed by atoms with van der Waals surface area (Å²) >= 11 is 3.65. The van der Waals surface area contributed by atoms with Crippen molar-refractivity contribution in [2.75, 3.05) is 12.4 Å². The van der Waals surface area contributed by atoms with Crippen LogP contribution in [0.4, 0.5) is 5.69 Å². The molecule has 1 aliphatic rings. The minimum atomic E-state index is 0.467. The molecule has 0 bridgehead atoms. The van der Waals surface area contributed by atoms with Gasteiger partial charge in [0.05, 0.1) is 6.10 Å². The highest BCUT2D eigenvalue weighted by Crippen LogP contribution is 2.29. The van der Waals surface area contributed by atoms with Gasteiger partial charge in [-0.2, -0.15) is 0 Å². The van der Waals surface area contributed by atoms with Gasteiger partial charge in [0, 0.05) is 23.3 Å². The number of methoxy groups -OCH3 is 1. The van der Waals surface area contributed by atoms with Gasteiger partial charge in [-0.3, -0.25) is 0 Å². The summed E-state index contributed by atoms with van der Waals surface area (Å²) in [5, 5.41) is 3.63. The molecule has 0 saturated heterocycles. The van der Waals surface area contributed by atoms with E-state index in [0.29, 0.717) is 12.1 Å². The summed E-state index contributed by atoms with van der Waals surface area (Å²) in [6.45, 7) is 2.12. The van der Waals surface area contributed by atoms with Crippen LogP contribution in [0.3, 0.4) is 0 Å². The highest BCUT2D eigenvalue weighted by Gasteiger charge is 2.21. The molecule has 0 unspecified atom stereocenters. The fourth-order valence-corrected chi connectivity index (χ4v) is 2.80. The summed E-state index contributed by atoms with van der Waals surface area (Å²) in [5.74, 6) is 0. The summed E-state index contributed by atoms with van der Waals surface area (Å²) in [7, 11) is 1.82. The molecule has 0 heterocycles. The van der Waals surface area contributed by atoms with E-state index in [9.17, 15) is 0 Å². The van der Waals surface area contributed by atoms with Gasteiger partial charge in [-0.25, -0.2) is 0 Å². The van der Waals surface area contributed by atoms with Gasteiger partial charge in [0.1, 0.15) is 0 Å². The van der Waals surface area contributed by atoms with Crippen LogP contribution in [-0.4, -0.2) is 19.3 Å². The second-order valence-corrected chi connectivity index (χ2v) is 5.58. The van der Waals surface area contributed by atoms with Gasteiger partial charge in [-0.05, 0) is 60.2 Å². The molecule has 0 aromatic heterocycles. The van der Waals surface area contributed by atoms with Crippen molar-refractivity contribution in [1.29, 1.82) is 0 Å². The van der Waals surface area contributed by atoms with Crippen molar-refractivity contribution in [3.8, 4) is 0 Å². The Hall–Kier alpha value is -0.540. The predicted molar refractivity (Wildman–Crippen MR) is 75.6 cm³/mol. The summed E-state index contributed by atoms with van der Waals surface area (Å²) < 4.78 is 6.58. The van der Waals surface area contributed by atoms with Crippen molar-refractivity contribution in [2.24, 2.45) is 0 Å². The molecule has 1 saturated carbocycles. The molecule has 2 nitrogen and oxygen atoms in total. The summed E-state index contributed by atoms with van der Waals surface area (Å²) in [6.07, 6.45) is 5.18. The Morgan fingerprint density at radius 1 is 1.24 bits per heavy atom. The van der Waals surface area contributed by atoms with Gasteiger partial charge < -0.3 is 10.1 Å². The summed E-state index contributed by atoms with van der Waals surface area (Å²) in [4.78, 5) is 0. The Bertz CT molecular complexity index is 372. The number of rotatable bonds is 3. The van der Waals surface area contributed by atoms with Gasteiger partial charge in [-0.1, -0.05) is 12.1 Å². The van der Waals surface area contributed by atoms with E-state index < -0.39 is 0 Å². The number of anilines is 1.